The average Bonchev–Trinajstić information content (AvgIpc) is 3.00. The zero-order chi connectivity index (χ0) is 14.1. The summed E-state index contributed by atoms with van der Waals surface area (Å²) in [5.41, 5.74) is 9.50. The summed E-state index contributed by atoms with van der Waals surface area (Å²) in [5, 5.41) is 2.02. The highest BCUT2D eigenvalue weighted by molar-refractivity contribution is 7.15. The predicted octanol–water partition coefficient (Wildman–Crippen LogP) is 2.96. The van der Waals surface area contributed by atoms with Crippen LogP contribution in [0.25, 0.3) is 4.96 Å². The van der Waals surface area contributed by atoms with Gasteiger partial charge in [-0.05, 0) is 24.1 Å². The molecule has 2 aromatic heterocycles. The second kappa shape index (κ2) is 5.26. The molecule has 2 heterocycles. The Morgan fingerprint density at radius 2 is 2.30 bits per heavy atom. The summed E-state index contributed by atoms with van der Waals surface area (Å²) in [6, 6.07) is 6.04. The van der Waals surface area contributed by atoms with Crippen molar-refractivity contribution in [2.45, 2.75) is 19.4 Å². The molecule has 0 saturated heterocycles. The van der Waals surface area contributed by atoms with Crippen LogP contribution in [-0.4, -0.2) is 16.5 Å². The molecule has 0 amide bonds. The van der Waals surface area contributed by atoms with E-state index in [-0.39, 0.29) is 6.04 Å². The third kappa shape index (κ3) is 2.42. The number of methoxy groups -OCH3 is 1. The summed E-state index contributed by atoms with van der Waals surface area (Å²) in [6.45, 7) is 2.03. The second-order valence-corrected chi connectivity index (χ2v) is 5.74. The summed E-state index contributed by atoms with van der Waals surface area (Å²) in [5.74, 6) is 0.878. The van der Waals surface area contributed by atoms with Gasteiger partial charge in [0.15, 0.2) is 4.96 Å². The van der Waals surface area contributed by atoms with Gasteiger partial charge in [-0.15, -0.1) is 11.3 Å². The van der Waals surface area contributed by atoms with Crippen molar-refractivity contribution in [2.24, 2.45) is 5.73 Å². The maximum Gasteiger partial charge on any atom is 0.193 e. The quantitative estimate of drug-likeness (QED) is 0.802. The van der Waals surface area contributed by atoms with E-state index in [4.69, 9.17) is 10.5 Å². The molecule has 0 aliphatic carbocycles. The van der Waals surface area contributed by atoms with E-state index in [0.29, 0.717) is 0 Å². The number of hydrogen-bond acceptors (Lipinski definition) is 4. The molecular formula is C15H17N3OS. The fourth-order valence-corrected chi connectivity index (χ4v) is 3.00. The Morgan fingerprint density at radius 3 is 3.05 bits per heavy atom. The zero-order valence-electron chi connectivity index (χ0n) is 11.5. The van der Waals surface area contributed by atoms with Gasteiger partial charge in [-0.3, -0.25) is 4.40 Å². The Morgan fingerprint density at radius 1 is 1.45 bits per heavy atom. The lowest BCUT2D eigenvalue weighted by Gasteiger charge is -2.13. The molecule has 104 valence electrons. The first-order chi connectivity index (χ1) is 9.67. The van der Waals surface area contributed by atoms with Crippen LogP contribution in [0.1, 0.15) is 22.9 Å². The van der Waals surface area contributed by atoms with Crippen molar-refractivity contribution >= 4 is 16.3 Å². The van der Waals surface area contributed by atoms with Gasteiger partial charge < -0.3 is 10.5 Å². The van der Waals surface area contributed by atoms with Gasteiger partial charge in [0.1, 0.15) is 5.75 Å². The molecule has 0 spiro atoms. The Bertz CT molecular complexity index is 703. The lowest BCUT2D eigenvalue weighted by atomic mass is 10.0. The highest BCUT2D eigenvalue weighted by atomic mass is 32.1. The molecule has 3 aromatic rings. The van der Waals surface area contributed by atoms with E-state index in [9.17, 15) is 0 Å². The molecule has 4 nitrogen and oxygen atoms in total. The molecule has 1 unspecified atom stereocenters. The minimum Gasteiger partial charge on any atom is -0.496 e. The zero-order valence-corrected chi connectivity index (χ0v) is 12.4. The van der Waals surface area contributed by atoms with Crippen molar-refractivity contribution in [3.8, 4) is 5.75 Å². The molecule has 2 N–H and O–H groups in total. The van der Waals surface area contributed by atoms with Crippen molar-refractivity contribution in [2.75, 3.05) is 7.11 Å². The molecular weight excluding hydrogens is 270 g/mol. The summed E-state index contributed by atoms with van der Waals surface area (Å²) < 4.78 is 7.38. The van der Waals surface area contributed by atoms with E-state index in [1.165, 1.54) is 0 Å². The molecule has 0 aliphatic heterocycles. The number of nitrogens with two attached hydrogens (primary N) is 1. The summed E-state index contributed by atoms with van der Waals surface area (Å²) in [4.78, 5) is 5.58. The van der Waals surface area contributed by atoms with Gasteiger partial charge in [0.25, 0.3) is 0 Å². The number of benzene rings is 1. The van der Waals surface area contributed by atoms with Crippen LogP contribution in [0.15, 0.2) is 36.0 Å². The van der Waals surface area contributed by atoms with Gasteiger partial charge in [-0.25, -0.2) is 4.98 Å². The third-order valence-electron chi connectivity index (χ3n) is 3.43. The SMILES string of the molecule is COc1cc(C(N)Cc2cn3ccsc3n2)ccc1C. The van der Waals surface area contributed by atoms with Crippen LogP contribution < -0.4 is 10.5 Å². The number of aryl methyl sites for hydroxylation is 1. The lowest BCUT2D eigenvalue weighted by molar-refractivity contribution is 0.410. The van der Waals surface area contributed by atoms with Gasteiger partial charge in [-0.1, -0.05) is 12.1 Å². The van der Waals surface area contributed by atoms with Gasteiger partial charge in [0.05, 0.1) is 12.8 Å². The van der Waals surface area contributed by atoms with E-state index in [0.717, 1.165) is 34.0 Å². The fourth-order valence-electron chi connectivity index (χ4n) is 2.28. The van der Waals surface area contributed by atoms with E-state index in [1.807, 2.05) is 41.2 Å². The van der Waals surface area contributed by atoms with Gasteiger partial charge >= 0.3 is 0 Å². The third-order valence-corrected chi connectivity index (χ3v) is 4.20. The highest BCUT2D eigenvalue weighted by Crippen LogP contribution is 2.24. The number of thiazole rings is 1. The van der Waals surface area contributed by atoms with Crippen LogP contribution in [0.5, 0.6) is 5.75 Å². The van der Waals surface area contributed by atoms with Crippen molar-refractivity contribution < 1.29 is 4.74 Å². The van der Waals surface area contributed by atoms with Crippen LogP contribution >= 0.6 is 11.3 Å². The minimum atomic E-state index is -0.0749. The molecule has 1 atom stereocenters. The maximum atomic E-state index is 6.29. The molecule has 20 heavy (non-hydrogen) atoms. The van der Waals surface area contributed by atoms with Crippen molar-refractivity contribution in [3.63, 3.8) is 0 Å². The molecule has 5 heteroatoms. The maximum absolute atomic E-state index is 6.29. The molecule has 1 aromatic carbocycles. The monoisotopic (exact) mass is 287 g/mol. The Hall–Kier alpha value is -1.85. The predicted molar refractivity (Wildman–Crippen MR) is 81.4 cm³/mol. The summed E-state index contributed by atoms with van der Waals surface area (Å²) >= 11 is 1.63. The van der Waals surface area contributed by atoms with Crippen LogP contribution in [0.2, 0.25) is 0 Å². The van der Waals surface area contributed by atoms with Gasteiger partial charge in [-0.2, -0.15) is 0 Å². The first-order valence-electron chi connectivity index (χ1n) is 6.48. The lowest BCUT2D eigenvalue weighted by Crippen LogP contribution is -2.13. The van der Waals surface area contributed by atoms with Crippen molar-refractivity contribution in [3.05, 3.63) is 52.8 Å². The largest absolute Gasteiger partial charge is 0.496 e. The second-order valence-electron chi connectivity index (χ2n) is 4.86. The van der Waals surface area contributed by atoms with E-state index < -0.39 is 0 Å². The van der Waals surface area contributed by atoms with Crippen molar-refractivity contribution in [1.29, 1.82) is 0 Å². The number of imidazole rings is 1. The van der Waals surface area contributed by atoms with Crippen LogP contribution in [-0.2, 0) is 6.42 Å². The number of rotatable bonds is 4. The summed E-state index contributed by atoms with van der Waals surface area (Å²) in [7, 11) is 1.68. The Balaban J connectivity index is 1.81. The Labute approximate surface area is 121 Å². The smallest absolute Gasteiger partial charge is 0.193 e. The molecule has 0 radical (unpaired) electrons. The van der Waals surface area contributed by atoms with Gasteiger partial charge in [0.2, 0.25) is 0 Å². The average molecular weight is 287 g/mol. The van der Waals surface area contributed by atoms with Crippen LogP contribution in [0.3, 0.4) is 0 Å². The minimum absolute atomic E-state index is 0.0749. The number of aromatic nitrogens is 2. The number of hydrogen-bond donors (Lipinski definition) is 1. The van der Waals surface area contributed by atoms with E-state index in [2.05, 4.69) is 11.1 Å². The first-order valence-corrected chi connectivity index (χ1v) is 7.36. The molecule has 0 fully saturated rings. The van der Waals surface area contributed by atoms with Gasteiger partial charge in [0, 0.05) is 30.2 Å². The first kappa shape index (κ1) is 13.1. The summed E-state index contributed by atoms with van der Waals surface area (Å²) in [6.07, 6.45) is 4.77. The van der Waals surface area contributed by atoms with Crippen LogP contribution in [0, 0.1) is 6.92 Å². The van der Waals surface area contributed by atoms with Crippen molar-refractivity contribution in [1.82, 2.24) is 9.38 Å². The number of nitrogens with zero attached hydrogens (tertiary/aromatic N) is 2. The normalized spacial score (nSPS) is 12.8. The van der Waals surface area contributed by atoms with E-state index >= 15 is 0 Å². The highest BCUT2D eigenvalue weighted by Gasteiger charge is 2.12. The van der Waals surface area contributed by atoms with Crippen LogP contribution in [0.4, 0.5) is 0 Å². The topological polar surface area (TPSA) is 52.5 Å². The molecule has 0 saturated carbocycles. The number of fused-ring (bicyclic) bond motifs is 1. The van der Waals surface area contributed by atoms with E-state index in [1.54, 1.807) is 18.4 Å². The standard InChI is InChI=1S/C15H17N3OS/c1-10-3-4-11(7-14(10)19-2)13(16)8-12-9-18-5-6-20-15(18)17-12/h3-7,9,13H,8,16H2,1-2H3. The fraction of sp³-hybridized carbons (Fsp3) is 0.267. The Kier molecular flexibility index (Phi) is 3.46. The molecule has 3 rings (SSSR count). The molecule has 0 bridgehead atoms. The number of ether oxygens (including phenoxy) is 1. The molecule has 0 aliphatic rings.